The van der Waals surface area contributed by atoms with E-state index in [2.05, 4.69) is 5.32 Å². The molecule has 0 radical (unpaired) electrons. The molecule has 2 aromatic carbocycles. The maximum atomic E-state index is 14.2. The van der Waals surface area contributed by atoms with E-state index in [1.807, 2.05) is 0 Å². The van der Waals surface area contributed by atoms with Gasteiger partial charge >= 0.3 is 18.3 Å². The van der Waals surface area contributed by atoms with Crippen molar-refractivity contribution in [2.45, 2.75) is 53.9 Å². The van der Waals surface area contributed by atoms with Gasteiger partial charge in [-0.2, -0.15) is 26.3 Å². The fourth-order valence-electron chi connectivity index (χ4n) is 4.92. The van der Waals surface area contributed by atoms with Crippen molar-refractivity contribution in [2.24, 2.45) is 5.92 Å². The molecule has 0 bridgehead atoms. The summed E-state index contributed by atoms with van der Waals surface area (Å²) >= 11 is 0.524. The lowest BCUT2D eigenvalue weighted by atomic mass is 9.87. The minimum Gasteiger partial charge on any atom is -0.490 e. The van der Waals surface area contributed by atoms with E-state index in [4.69, 9.17) is 9.84 Å². The number of halogens is 6. The van der Waals surface area contributed by atoms with Gasteiger partial charge in [0.15, 0.2) is 0 Å². The maximum absolute atomic E-state index is 14.2. The Morgan fingerprint density at radius 2 is 1.61 bits per heavy atom. The zero-order valence-corrected chi connectivity index (χ0v) is 22.5. The van der Waals surface area contributed by atoms with Crippen molar-refractivity contribution in [3.05, 3.63) is 59.2 Å². The third-order valence-electron chi connectivity index (χ3n) is 6.96. The van der Waals surface area contributed by atoms with Crippen LogP contribution < -0.4 is 10.1 Å². The van der Waals surface area contributed by atoms with Gasteiger partial charge in [0.25, 0.3) is 0 Å². The van der Waals surface area contributed by atoms with Gasteiger partial charge in [0.2, 0.25) is 5.91 Å². The van der Waals surface area contributed by atoms with Crippen molar-refractivity contribution in [1.82, 2.24) is 10.2 Å². The molecule has 2 fully saturated rings. The SMILES string of the molecule is O=C(O)C1CCC(Oc2cccc(Sc3ccc(/C=C/C(=O)N4CCNCC4)c(C(F)(F)F)c3C(F)(F)F)c2)CC1. The first-order valence-electron chi connectivity index (χ1n) is 13.0. The highest BCUT2D eigenvalue weighted by Crippen LogP contribution is 2.48. The number of amides is 1. The Labute approximate surface area is 236 Å². The van der Waals surface area contributed by atoms with Gasteiger partial charge in [-0.25, -0.2) is 0 Å². The van der Waals surface area contributed by atoms with Crippen LogP contribution in [-0.2, 0) is 21.9 Å². The number of hydrogen-bond donors (Lipinski definition) is 2. The molecule has 1 saturated carbocycles. The summed E-state index contributed by atoms with van der Waals surface area (Å²) in [6.45, 7) is 1.70. The highest BCUT2D eigenvalue weighted by atomic mass is 32.2. The van der Waals surface area contributed by atoms with Crippen LogP contribution >= 0.6 is 11.8 Å². The van der Waals surface area contributed by atoms with Crippen LogP contribution in [0.4, 0.5) is 26.3 Å². The first kappa shape index (κ1) is 30.8. The van der Waals surface area contributed by atoms with Gasteiger partial charge < -0.3 is 20.1 Å². The van der Waals surface area contributed by atoms with Crippen LogP contribution in [0.25, 0.3) is 6.08 Å². The molecule has 1 heterocycles. The van der Waals surface area contributed by atoms with Crippen LogP contribution in [0.15, 0.2) is 52.3 Å². The highest BCUT2D eigenvalue weighted by molar-refractivity contribution is 7.99. The van der Waals surface area contributed by atoms with Gasteiger partial charge in [-0.1, -0.05) is 23.9 Å². The van der Waals surface area contributed by atoms with Crippen LogP contribution in [-0.4, -0.2) is 54.2 Å². The van der Waals surface area contributed by atoms with Crippen LogP contribution in [0.3, 0.4) is 0 Å². The predicted octanol–water partition coefficient (Wildman–Crippen LogP) is 6.34. The Kier molecular flexibility index (Phi) is 9.58. The Morgan fingerprint density at radius 3 is 2.22 bits per heavy atom. The number of ether oxygens (including phenoxy) is 1. The van der Waals surface area contributed by atoms with E-state index in [1.54, 1.807) is 6.07 Å². The van der Waals surface area contributed by atoms with Crippen molar-refractivity contribution in [2.75, 3.05) is 26.2 Å². The number of nitrogens with zero attached hydrogens (tertiary/aromatic N) is 1. The normalized spacial score (nSPS) is 20.3. The largest absolute Gasteiger partial charge is 0.490 e. The summed E-state index contributed by atoms with van der Waals surface area (Å²) in [4.78, 5) is 24.6. The lowest BCUT2D eigenvalue weighted by Gasteiger charge is -2.27. The second-order valence-electron chi connectivity index (χ2n) is 9.81. The third kappa shape index (κ3) is 7.97. The second-order valence-corrected chi connectivity index (χ2v) is 10.9. The van der Waals surface area contributed by atoms with Crippen LogP contribution in [0.2, 0.25) is 0 Å². The Balaban J connectivity index is 1.60. The molecule has 0 unspecified atom stereocenters. The van der Waals surface area contributed by atoms with Crippen molar-refractivity contribution in [3.63, 3.8) is 0 Å². The number of hydrogen-bond acceptors (Lipinski definition) is 5. The van der Waals surface area contributed by atoms with Crippen LogP contribution in [0.1, 0.15) is 42.4 Å². The van der Waals surface area contributed by atoms with Gasteiger partial charge in [0.1, 0.15) is 5.75 Å². The number of carboxylic acid groups (broad SMARTS) is 1. The number of nitrogens with one attached hydrogen (secondary N) is 1. The highest BCUT2D eigenvalue weighted by Gasteiger charge is 2.46. The first-order valence-corrected chi connectivity index (χ1v) is 13.8. The average molecular weight is 603 g/mol. The smallest absolute Gasteiger partial charge is 0.418 e. The molecule has 13 heteroatoms. The average Bonchev–Trinajstić information content (AvgIpc) is 2.91. The first-order chi connectivity index (χ1) is 19.3. The summed E-state index contributed by atoms with van der Waals surface area (Å²) in [5.41, 5.74) is -4.45. The van der Waals surface area contributed by atoms with Gasteiger partial charge in [0.05, 0.1) is 23.1 Å². The number of alkyl halides is 6. The fraction of sp³-hybridized carbons (Fsp3) is 0.429. The van der Waals surface area contributed by atoms with Crippen molar-refractivity contribution in [3.8, 4) is 5.75 Å². The van der Waals surface area contributed by atoms with E-state index in [-0.39, 0.29) is 11.0 Å². The standard InChI is InChI=1S/C28H28F6N2O4S/c29-27(30,31)24-17(7-11-23(37)36-14-12-35-13-15-36)6-10-22(25(24)28(32,33)34)41-21-3-1-2-20(16-21)40-19-8-4-18(5-9-19)26(38)39/h1-3,6-7,10-11,16,18-19,35H,4-5,8-9,12-15H2,(H,38,39)/b11-7+. The predicted molar refractivity (Wildman–Crippen MR) is 140 cm³/mol. The van der Waals surface area contributed by atoms with Crippen molar-refractivity contribution in [1.29, 1.82) is 0 Å². The molecule has 4 rings (SSSR count). The van der Waals surface area contributed by atoms with E-state index in [0.717, 1.165) is 24.3 Å². The van der Waals surface area contributed by atoms with Crippen molar-refractivity contribution >= 4 is 29.7 Å². The van der Waals surface area contributed by atoms with Gasteiger partial charge in [-0.05, 0) is 61.6 Å². The lowest BCUT2D eigenvalue weighted by Crippen LogP contribution is -2.45. The monoisotopic (exact) mass is 602 g/mol. The van der Waals surface area contributed by atoms with Crippen LogP contribution in [0.5, 0.6) is 5.75 Å². The van der Waals surface area contributed by atoms with Crippen LogP contribution in [0, 0.1) is 5.92 Å². The maximum Gasteiger partial charge on any atom is 0.418 e. The minimum absolute atomic E-state index is 0.234. The molecular formula is C28H28F6N2O4S. The zero-order chi connectivity index (χ0) is 29.8. The van der Waals surface area contributed by atoms with E-state index < -0.39 is 51.7 Å². The molecule has 1 aliphatic carbocycles. The van der Waals surface area contributed by atoms with Gasteiger partial charge in [-0.15, -0.1) is 0 Å². The lowest BCUT2D eigenvalue weighted by molar-refractivity contribution is -0.163. The molecule has 0 spiro atoms. The third-order valence-corrected chi connectivity index (χ3v) is 8.01. The molecule has 6 nitrogen and oxygen atoms in total. The molecule has 1 saturated heterocycles. The molecule has 41 heavy (non-hydrogen) atoms. The Hall–Kier alpha value is -3.19. The molecule has 2 aliphatic rings. The number of rotatable bonds is 7. The molecule has 2 aromatic rings. The van der Waals surface area contributed by atoms with E-state index in [1.165, 1.54) is 23.1 Å². The summed E-state index contributed by atoms with van der Waals surface area (Å²) in [6.07, 6.45) is -7.45. The molecule has 0 atom stereocenters. The molecule has 222 valence electrons. The zero-order valence-electron chi connectivity index (χ0n) is 21.7. The van der Waals surface area contributed by atoms with Gasteiger partial charge in [-0.3, -0.25) is 9.59 Å². The van der Waals surface area contributed by atoms with Gasteiger partial charge in [0, 0.05) is 42.0 Å². The summed E-state index contributed by atoms with van der Waals surface area (Å²) in [6, 6.07) is 7.93. The van der Waals surface area contributed by atoms with E-state index in [9.17, 15) is 35.9 Å². The summed E-state index contributed by atoms with van der Waals surface area (Å²) in [5.74, 6) is -1.57. The Morgan fingerprint density at radius 1 is 0.951 bits per heavy atom. The number of piperazine rings is 1. The van der Waals surface area contributed by atoms with E-state index in [0.29, 0.717) is 69.4 Å². The molecule has 1 aliphatic heterocycles. The molecule has 1 amide bonds. The number of carbonyl (C=O) groups is 2. The summed E-state index contributed by atoms with van der Waals surface area (Å²) < 4.78 is 90.9. The summed E-state index contributed by atoms with van der Waals surface area (Å²) in [5, 5.41) is 12.2. The minimum atomic E-state index is -5.35. The molecular weight excluding hydrogens is 574 g/mol. The number of aliphatic carboxylic acids is 1. The fourth-order valence-corrected chi connectivity index (χ4v) is 5.95. The topological polar surface area (TPSA) is 78.9 Å². The molecule has 2 N–H and O–H groups in total. The second kappa shape index (κ2) is 12.8. The van der Waals surface area contributed by atoms with Crippen molar-refractivity contribution < 1.29 is 45.8 Å². The number of carboxylic acids is 1. The number of carbonyl (C=O) groups excluding carboxylic acids is 1. The quantitative estimate of drug-likeness (QED) is 0.285. The molecule has 0 aromatic heterocycles. The summed E-state index contributed by atoms with van der Waals surface area (Å²) in [7, 11) is 0. The number of benzene rings is 2. The van der Waals surface area contributed by atoms with E-state index >= 15 is 0 Å². The Bertz CT molecular complexity index is 1280.